The van der Waals surface area contributed by atoms with Crippen LogP contribution in [0.15, 0.2) is 60.7 Å². The van der Waals surface area contributed by atoms with Crippen molar-refractivity contribution >= 4 is 5.57 Å². The van der Waals surface area contributed by atoms with Gasteiger partial charge in [0.1, 0.15) is 5.75 Å². The lowest BCUT2D eigenvalue weighted by atomic mass is 10.0. The molecule has 0 spiro atoms. The molecule has 0 aliphatic carbocycles. The van der Waals surface area contributed by atoms with Crippen LogP contribution in [0.2, 0.25) is 0 Å². The first kappa shape index (κ1) is 13.9. The Morgan fingerprint density at radius 2 is 1.90 bits per heavy atom. The summed E-state index contributed by atoms with van der Waals surface area (Å²) in [6.45, 7) is 3.15. The van der Waals surface area contributed by atoms with E-state index >= 15 is 0 Å². The molecular weight excluding hydrogens is 258 g/mol. The van der Waals surface area contributed by atoms with Gasteiger partial charge in [-0.1, -0.05) is 48.5 Å². The van der Waals surface area contributed by atoms with Crippen LogP contribution < -0.4 is 4.74 Å². The van der Waals surface area contributed by atoms with Crippen molar-refractivity contribution < 1.29 is 4.74 Å². The molecule has 21 heavy (non-hydrogen) atoms. The van der Waals surface area contributed by atoms with Crippen LogP contribution in [0.5, 0.6) is 5.75 Å². The van der Waals surface area contributed by atoms with Gasteiger partial charge in [0.2, 0.25) is 0 Å². The van der Waals surface area contributed by atoms with Crippen LogP contribution in [0.4, 0.5) is 0 Å². The Morgan fingerprint density at radius 3 is 2.71 bits per heavy atom. The highest BCUT2D eigenvalue weighted by atomic mass is 16.5. The van der Waals surface area contributed by atoms with Gasteiger partial charge in [-0.25, -0.2) is 0 Å². The fraction of sp³-hybridized carbons (Fsp3) is 0.263. The lowest BCUT2D eigenvalue weighted by Crippen LogP contribution is -2.29. The average Bonchev–Trinajstić information content (AvgIpc) is 2.56. The first-order chi connectivity index (χ1) is 10.3. The predicted molar refractivity (Wildman–Crippen MR) is 87.3 cm³/mol. The van der Waals surface area contributed by atoms with Gasteiger partial charge in [-0.3, -0.25) is 4.90 Å². The van der Waals surface area contributed by atoms with Crippen LogP contribution in [0.1, 0.15) is 17.5 Å². The molecule has 1 heterocycles. The highest BCUT2D eigenvalue weighted by Gasteiger charge is 2.14. The van der Waals surface area contributed by atoms with Crippen molar-refractivity contribution in [2.45, 2.75) is 13.0 Å². The van der Waals surface area contributed by atoms with Gasteiger partial charge >= 0.3 is 0 Å². The van der Waals surface area contributed by atoms with Gasteiger partial charge in [-0.2, -0.15) is 0 Å². The number of ether oxygens (including phenoxy) is 1. The summed E-state index contributed by atoms with van der Waals surface area (Å²) in [6, 6.07) is 19.0. The molecule has 0 saturated heterocycles. The number of nitrogens with zero attached hydrogens (tertiary/aromatic N) is 1. The van der Waals surface area contributed by atoms with Gasteiger partial charge in [0.25, 0.3) is 0 Å². The Hall–Kier alpha value is -2.06. The summed E-state index contributed by atoms with van der Waals surface area (Å²) in [6.07, 6.45) is 3.47. The predicted octanol–water partition coefficient (Wildman–Crippen LogP) is 3.98. The van der Waals surface area contributed by atoms with Crippen LogP contribution in [0.25, 0.3) is 5.57 Å². The van der Waals surface area contributed by atoms with E-state index in [-0.39, 0.29) is 0 Å². The molecule has 1 aliphatic rings. The molecule has 2 heteroatoms. The van der Waals surface area contributed by atoms with E-state index in [0.29, 0.717) is 0 Å². The van der Waals surface area contributed by atoms with Crippen LogP contribution in [0, 0.1) is 0 Å². The van der Waals surface area contributed by atoms with Crippen molar-refractivity contribution in [1.29, 1.82) is 0 Å². The van der Waals surface area contributed by atoms with Crippen molar-refractivity contribution in [3.05, 3.63) is 71.8 Å². The summed E-state index contributed by atoms with van der Waals surface area (Å²) in [7, 11) is 1.72. The summed E-state index contributed by atoms with van der Waals surface area (Å²) in [5, 5.41) is 0. The van der Waals surface area contributed by atoms with Gasteiger partial charge in [-0.15, -0.1) is 0 Å². The third kappa shape index (κ3) is 3.53. The van der Waals surface area contributed by atoms with Crippen molar-refractivity contribution in [1.82, 2.24) is 4.90 Å². The molecule has 2 nitrogen and oxygen atoms in total. The molecule has 0 aromatic heterocycles. The zero-order chi connectivity index (χ0) is 14.5. The van der Waals surface area contributed by atoms with Crippen LogP contribution in [0.3, 0.4) is 0 Å². The molecule has 1 aliphatic heterocycles. The number of methoxy groups -OCH3 is 1. The van der Waals surface area contributed by atoms with E-state index in [1.807, 2.05) is 6.07 Å². The highest BCUT2D eigenvalue weighted by molar-refractivity contribution is 5.68. The fourth-order valence-corrected chi connectivity index (χ4v) is 2.81. The second kappa shape index (κ2) is 6.59. The smallest absolute Gasteiger partial charge is 0.119 e. The number of benzene rings is 2. The third-order valence-corrected chi connectivity index (χ3v) is 3.92. The molecule has 0 amide bonds. The minimum Gasteiger partial charge on any atom is -0.497 e. The Kier molecular flexibility index (Phi) is 4.37. The van der Waals surface area contributed by atoms with Crippen LogP contribution in [-0.4, -0.2) is 25.1 Å². The minimum atomic E-state index is 0.925. The summed E-state index contributed by atoms with van der Waals surface area (Å²) < 4.78 is 5.33. The van der Waals surface area contributed by atoms with E-state index in [9.17, 15) is 0 Å². The second-order valence-electron chi connectivity index (χ2n) is 5.45. The highest BCUT2D eigenvalue weighted by Crippen LogP contribution is 2.24. The van der Waals surface area contributed by atoms with Gasteiger partial charge in [0, 0.05) is 19.6 Å². The molecule has 0 unspecified atom stereocenters. The van der Waals surface area contributed by atoms with E-state index < -0.39 is 0 Å². The van der Waals surface area contributed by atoms with Gasteiger partial charge in [0.05, 0.1) is 7.11 Å². The van der Waals surface area contributed by atoms with E-state index in [0.717, 1.165) is 31.8 Å². The average molecular weight is 279 g/mol. The summed E-state index contributed by atoms with van der Waals surface area (Å²) in [5.41, 5.74) is 4.05. The van der Waals surface area contributed by atoms with E-state index in [1.54, 1.807) is 7.11 Å². The monoisotopic (exact) mass is 279 g/mol. The zero-order valence-electron chi connectivity index (χ0n) is 12.5. The normalized spacial score (nSPS) is 15.6. The molecule has 2 aromatic carbocycles. The number of rotatable bonds is 4. The quantitative estimate of drug-likeness (QED) is 0.839. The van der Waals surface area contributed by atoms with Gasteiger partial charge < -0.3 is 4.74 Å². The summed E-state index contributed by atoms with van der Waals surface area (Å²) in [4.78, 5) is 2.50. The van der Waals surface area contributed by atoms with E-state index in [4.69, 9.17) is 4.74 Å². The number of hydrogen-bond donors (Lipinski definition) is 0. The van der Waals surface area contributed by atoms with Crippen molar-refractivity contribution in [3.63, 3.8) is 0 Å². The third-order valence-electron chi connectivity index (χ3n) is 3.92. The molecule has 0 saturated carbocycles. The lowest BCUT2D eigenvalue weighted by Gasteiger charge is -2.27. The maximum absolute atomic E-state index is 5.33. The maximum atomic E-state index is 5.33. The summed E-state index contributed by atoms with van der Waals surface area (Å²) >= 11 is 0. The maximum Gasteiger partial charge on any atom is 0.119 e. The Bertz CT molecular complexity index is 618. The molecule has 0 N–H and O–H groups in total. The SMILES string of the molecule is COc1cccc(C2=CCCN(Cc3ccccc3)C2)c1. The molecule has 2 aromatic rings. The van der Waals surface area contributed by atoms with Crippen LogP contribution in [-0.2, 0) is 6.54 Å². The molecule has 0 radical (unpaired) electrons. The van der Waals surface area contributed by atoms with E-state index in [1.165, 1.54) is 16.7 Å². The van der Waals surface area contributed by atoms with Gasteiger partial charge in [0.15, 0.2) is 0 Å². The van der Waals surface area contributed by atoms with Crippen molar-refractivity contribution in [2.75, 3.05) is 20.2 Å². The molecule has 0 atom stereocenters. The van der Waals surface area contributed by atoms with Gasteiger partial charge in [-0.05, 0) is 35.3 Å². The molecular formula is C19H21NO. The lowest BCUT2D eigenvalue weighted by molar-refractivity contribution is 0.296. The standard InChI is InChI=1S/C19H21NO/c1-21-19-11-5-9-17(13-19)18-10-6-12-20(15-18)14-16-7-3-2-4-8-16/h2-5,7-11,13H,6,12,14-15H2,1H3. The van der Waals surface area contributed by atoms with Crippen molar-refractivity contribution in [2.24, 2.45) is 0 Å². The van der Waals surface area contributed by atoms with Crippen molar-refractivity contribution in [3.8, 4) is 5.75 Å². The largest absolute Gasteiger partial charge is 0.497 e. The Balaban J connectivity index is 1.71. The second-order valence-corrected chi connectivity index (χ2v) is 5.45. The topological polar surface area (TPSA) is 12.5 Å². The van der Waals surface area contributed by atoms with E-state index in [2.05, 4.69) is 59.5 Å². The molecule has 3 rings (SSSR count). The first-order valence-corrected chi connectivity index (χ1v) is 7.45. The Labute approximate surface area is 126 Å². The first-order valence-electron chi connectivity index (χ1n) is 7.45. The molecule has 108 valence electrons. The molecule has 0 fully saturated rings. The Morgan fingerprint density at radius 1 is 1.05 bits per heavy atom. The fourth-order valence-electron chi connectivity index (χ4n) is 2.81. The zero-order valence-corrected chi connectivity index (χ0v) is 12.5. The molecule has 0 bridgehead atoms. The minimum absolute atomic E-state index is 0.925. The number of hydrogen-bond acceptors (Lipinski definition) is 2. The summed E-state index contributed by atoms with van der Waals surface area (Å²) in [5.74, 6) is 0.925. The van der Waals surface area contributed by atoms with Crippen LogP contribution >= 0.6 is 0 Å².